The van der Waals surface area contributed by atoms with Crippen molar-refractivity contribution < 1.29 is 9.18 Å². The van der Waals surface area contributed by atoms with Gasteiger partial charge in [-0.3, -0.25) is 4.79 Å². The van der Waals surface area contributed by atoms with E-state index >= 15 is 0 Å². The maximum atomic E-state index is 12.8. The maximum absolute atomic E-state index is 12.8. The molecule has 2 rings (SSSR count). The van der Waals surface area contributed by atoms with E-state index in [4.69, 9.17) is 0 Å². The Balaban J connectivity index is 2.31. The van der Waals surface area contributed by atoms with Crippen molar-refractivity contribution in [2.24, 2.45) is 10.5 Å². The van der Waals surface area contributed by atoms with Crippen molar-refractivity contribution in [2.75, 3.05) is 5.01 Å². The molecule has 0 aromatic heterocycles. The SMILES string of the molecule is CC(C)(C)C1=NN(c2ccc(F)cc2)C(=O)C1. The van der Waals surface area contributed by atoms with Crippen LogP contribution >= 0.6 is 0 Å². The van der Waals surface area contributed by atoms with Gasteiger partial charge in [-0.1, -0.05) is 20.8 Å². The van der Waals surface area contributed by atoms with Gasteiger partial charge < -0.3 is 0 Å². The van der Waals surface area contributed by atoms with E-state index in [0.717, 1.165) is 5.71 Å². The van der Waals surface area contributed by atoms with E-state index in [1.54, 1.807) is 12.1 Å². The molecule has 1 aromatic rings. The zero-order valence-corrected chi connectivity index (χ0v) is 10.2. The lowest BCUT2D eigenvalue weighted by atomic mass is 9.88. The van der Waals surface area contributed by atoms with Gasteiger partial charge in [0.25, 0.3) is 5.91 Å². The Morgan fingerprint density at radius 1 is 1.24 bits per heavy atom. The Morgan fingerprint density at radius 3 is 2.29 bits per heavy atom. The van der Waals surface area contributed by atoms with Gasteiger partial charge in [0.1, 0.15) is 5.82 Å². The number of carbonyl (C=O) groups is 1. The predicted octanol–water partition coefficient (Wildman–Crippen LogP) is 2.96. The van der Waals surface area contributed by atoms with Crippen LogP contribution in [0.3, 0.4) is 0 Å². The van der Waals surface area contributed by atoms with Crippen LogP contribution in [-0.4, -0.2) is 11.6 Å². The van der Waals surface area contributed by atoms with Crippen LogP contribution < -0.4 is 5.01 Å². The molecule has 17 heavy (non-hydrogen) atoms. The molecule has 0 N–H and O–H groups in total. The van der Waals surface area contributed by atoms with Crippen LogP contribution in [0, 0.1) is 11.2 Å². The van der Waals surface area contributed by atoms with Gasteiger partial charge in [-0.25, -0.2) is 9.40 Å². The number of amides is 1. The van der Waals surface area contributed by atoms with Crippen LogP contribution in [0.1, 0.15) is 27.2 Å². The third-order valence-corrected chi connectivity index (χ3v) is 2.71. The normalized spacial score (nSPS) is 16.4. The van der Waals surface area contributed by atoms with E-state index < -0.39 is 0 Å². The Morgan fingerprint density at radius 2 is 1.82 bits per heavy atom. The van der Waals surface area contributed by atoms with E-state index in [0.29, 0.717) is 12.1 Å². The van der Waals surface area contributed by atoms with Gasteiger partial charge in [0.15, 0.2) is 0 Å². The first kappa shape index (κ1) is 11.8. The first-order valence-electron chi connectivity index (χ1n) is 5.54. The second-order valence-electron chi connectivity index (χ2n) is 5.16. The number of hydrogen-bond donors (Lipinski definition) is 0. The third kappa shape index (κ3) is 2.35. The molecule has 1 heterocycles. The van der Waals surface area contributed by atoms with E-state index in [1.807, 2.05) is 20.8 Å². The number of anilines is 1. The fourth-order valence-electron chi connectivity index (χ4n) is 1.63. The van der Waals surface area contributed by atoms with Crippen molar-refractivity contribution in [1.29, 1.82) is 0 Å². The van der Waals surface area contributed by atoms with Gasteiger partial charge in [0.05, 0.1) is 17.8 Å². The Hall–Kier alpha value is -1.71. The second-order valence-corrected chi connectivity index (χ2v) is 5.16. The van der Waals surface area contributed by atoms with Crippen LogP contribution in [0.5, 0.6) is 0 Å². The maximum Gasteiger partial charge on any atom is 0.253 e. The lowest BCUT2D eigenvalue weighted by Crippen LogP contribution is -2.20. The van der Waals surface area contributed by atoms with Crippen molar-refractivity contribution in [1.82, 2.24) is 0 Å². The summed E-state index contributed by atoms with van der Waals surface area (Å²) >= 11 is 0. The molecule has 0 unspecified atom stereocenters. The van der Waals surface area contributed by atoms with E-state index in [-0.39, 0.29) is 17.1 Å². The number of hydrazone groups is 1. The largest absolute Gasteiger partial charge is 0.272 e. The molecule has 1 aromatic carbocycles. The van der Waals surface area contributed by atoms with Crippen molar-refractivity contribution in [3.8, 4) is 0 Å². The highest BCUT2D eigenvalue weighted by Crippen LogP contribution is 2.27. The number of nitrogens with zero attached hydrogens (tertiary/aromatic N) is 2. The molecule has 0 fully saturated rings. The summed E-state index contributed by atoms with van der Waals surface area (Å²) in [7, 11) is 0. The number of carbonyl (C=O) groups excluding carboxylic acids is 1. The van der Waals surface area contributed by atoms with Crippen molar-refractivity contribution in [3.63, 3.8) is 0 Å². The van der Waals surface area contributed by atoms with Crippen molar-refractivity contribution in [3.05, 3.63) is 30.1 Å². The van der Waals surface area contributed by atoms with E-state index in [9.17, 15) is 9.18 Å². The molecule has 1 aliphatic heterocycles. The summed E-state index contributed by atoms with van der Waals surface area (Å²) in [6.07, 6.45) is 0.334. The van der Waals surface area contributed by atoms with Crippen LogP contribution in [0.15, 0.2) is 29.4 Å². The van der Waals surface area contributed by atoms with Gasteiger partial charge >= 0.3 is 0 Å². The summed E-state index contributed by atoms with van der Waals surface area (Å²) in [5.41, 5.74) is 1.34. The molecule has 0 saturated heterocycles. The fourth-order valence-corrected chi connectivity index (χ4v) is 1.63. The van der Waals surface area contributed by atoms with Crippen LogP contribution in [0.4, 0.5) is 10.1 Å². The van der Waals surface area contributed by atoms with E-state index in [1.165, 1.54) is 17.1 Å². The molecule has 0 spiro atoms. The Kier molecular flexibility index (Phi) is 2.73. The minimum Gasteiger partial charge on any atom is -0.272 e. The fraction of sp³-hybridized carbons (Fsp3) is 0.385. The van der Waals surface area contributed by atoms with Gasteiger partial charge in [0, 0.05) is 5.41 Å². The minimum atomic E-state index is -0.319. The standard InChI is InChI=1S/C13H15FN2O/c1-13(2,3)11-8-12(17)16(15-11)10-6-4-9(14)5-7-10/h4-7H,8H2,1-3H3. The lowest BCUT2D eigenvalue weighted by molar-refractivity contribution is -0.116. The summed E-state index contributed by atoms with van der Waals surface area (Å²) in [4.78, 5) is 11.8. The third-order valence-electron chi connectivity index (χ3n) is 2.71. The molecule has 0 saturated carbocycles. The topological polar surface area (TPSA) is 32.7 Å². The van der Waals surface area contributed by atoms with Gasteiger partial charge in [-0.15, -0.1) is 0 Å². The zero-order chi connectivity index (χ0) is 12.6. The lowest BCUT2D eigenvalue weighted by Gasteiger charge is -2.16. The Bertz CT molecular complexity index is 471. The van der Waals surface area contributed by atoms with Crippen LogP contribution in [0.2, 0.25) is 0 Å². The van der Waals surface area contributed by atoms with E-state index in [2.05, 4.69) is 5.10 Å². The molecule has 3 nitrogen and oxygen atoms in total. The molecule has 0 bridgehead atoms. The Labute approximate surface area is 99.9 Å². The minimum absolute atomic E-state index is 0.0680. The summed E-state index contributed by atoms with van der Waals surface area (Å²) in [5, 5.41) is 5.67. The summed E-state index contributed by atoms with van der Waals surface area (Å²) in [5.74, 6) is -0.387. The summed E-state index contributed by atoms with van der Waals surface area (Å²) in [6.45, 7) is 6.06. The molecular formula is C13H15FN2O. The average molecular weight is 234 g/mol. The molecular weight excluding hydrogens is 219 g/mol. The number of hydrogen-bond acceptors (Lipinski definition) is 2. The second kappa shape index (κ2) is 3.95. The number of benzene rings is 1. The molecule has 1 aliphatic rings. The number of rotatable bonds is 1. The monoisotopic (exact) mass is 234 g/mol. The zero-order valence-electron chi connectivity index (χ0n) is 10.2. The smallest absolute Gasteiger partial charge is 0.253 e. The predicted molar refractivity (Wildman–Crippen MR) is 65.4 cm³/mol. The molecule has 4 heteroatoms. The van der Waals surface area contributed by atoms with Crippen molar-refractivity contribution >= 4 is 17.3 Å². The molecule has 0 atom stereocenters. The molecule has 1 amide bonds. The van der Waals surface area contributed by atoms with Gasteiger partial charge in [-0.05, 0) is 24.3 Å². The summed E-state index contributed by atoms with van der Waals surface area (Å²) < 4.78 is 12.8. The highest BCUT2D eigenvalue weighted by Gasteiger charge is 2.31. The average Bonchev–Trinajstić information content (AvgIpc) is 2.61. The molecule has 90 valence electrons. The quantitative estimate of drug-likeness (QED) is 0.735. The summed E-state index contributed by atoms with van der Waals surface area (Å²) in [6, 6.07) is 5.77. The highest BCUT2D eigenvalue weighted by atomic mass is 19.1. The first-order valence-corrected chi connectivity index (χ1v) is 5.54. The number of halogens is 1. The van der Waals surface area contributed by atoms with Gasteiger partial charge in [0.2, 0.25) is 0 Å². The van der Waals surface area contributed by atoms with Crippen LogP contribution in [0.25, 0.3) is 0 Å². The molecule has 0 radical (unpaired) electrons. The highest BCUT2D eigenvalue weighted by molar-refractivity contribution is 6.14. The first-order chi connectivity index (χ1) is 7.88. The molecule has 0 aliphatic carbocycles. The van der Waals surface area contributed by atoms with Crippen LogP contribution in [-0.2, 0) is 4.79 Å². The van der Waals surface area contributed by atoms with Gasteiger partial charge in [-0.2, -0.15) is 5.10 Å². The van der Waals surface area contributed by atoms with Crippen molar-refractivity contribution in [2.45, 2.75) is 27.2 Å².